The van der Waals surface area contributed by atoms with Gasteiger partial charge in [0.2, 0.25) is 0 Å². The molecule has 1 rings (SSSR count). The molecule has 0 heterocycles. The molecule has 0 aliphatic heterocycles. The second-order valence-electron chi connectivity index (χ2n) is 4.16. The van der Waals surface area contributed by atoms with E-state index in [4.69, 9.17) is 15.7 Å². The zero-order valence-electron chi connectivity index (χ0n) is 10.9. The minimum absolute atomic E-state index is 0.515. The number of nitriles is 1. The second-order valence-corrected chi connectivity index (χ2v) is 4.16. The van der Waals surface area contributed by atoms with E-state index in [-0.39, 0.29) is 0 Å². The number of benzene rings is 1. The summed E-state index contributed by atoms with van der Waals surface area (Å²) in [6.45, 7) is 4.62. The SMILES string of the molecule is CCCCOCCCNc1ccc(C#N)c(N)c1. The average molecular weight is 247 g/mol. The molecule has 0 unspecified atom stereocenters. The molecule has 0 radical (unpaired) electrons. The Hall–Kier alpha value is -1.73. The third-order valence-electron chi connectivity index (χ3n) is 2.61. The first-order valence-corrected chi connectivity index (χ1v) is 6.39. The van der Waals surface area contributed by atoms with Crippen LogP contribution >= 0.6 is 0 Å². The maximum absolute atomic E-state index is 8.76. The van der Waals surface area contributed by atoms with Crippen molar-refractivity contribution >= 4 is 11.4 Å². The number of hydrogen-bond donors (Lipinski definition) is 2. The summed E-state index contributed by atoms with van der Waals surface area (Å²) in [5, 5.41) is 12.0. The summed E-state index contributed by atoms with van der Waals surface area (Å²) in [6, 6.07) is 7.43. The molecule has 0 aliphatic carbocycles. The number of ether oxygens (including phenoxy) is 1. The molecule has 18 heavy (non-hydrogen) atoms. The number of unbranched alkanes of at least 4 members (excludes halogenated alkanes) is 1. The van der Waals surface area contributed by atoms with Crippen LogP contribution in [-0.4, -0.2) is 19.8 Å². The molecule has 0 spiro atoms. The first-order valence-electron chi connectivity index (χ1n) is 6.39. The van der Waals surface area contributed by atoms with Crippen LogP contribution in [0.1, 0.15) is 31.7 Å². The minimum atomic E-state index is 0.515. The van der Waals surface area contributed by atoms with Crippen molar-refractivity contribution in [3.8, 4) is 6.07 Å². The predicted octanol–water partition coefficient (Wildman–Crippen LogP) is 2.76. The van der Waals surface area contributed by atoms with E-state index in [9.17, 15) is 0 Å². The number of nitrogens with one attached hydrogen (secondary N) is 1. The van der Waals surface area contributed by atoms with Gasteiger partial charge in [0.1, 0.15) is 6.07 Å². The normalized spacial score (nSPS) is 10.0. The van der Waals surface area contributed by atoms with Gasteiger partial charge in [0.05, 0.1) is 11.3 Å². The van der Waals surface area contributed by atoms with E-state index in [1.54, 1.807) is 12.1 Å². The third kappa shape index (κ3) is 5.07. The van der Waals surface area contributed by atoms with Crippen molar-refractivity contribution in [2.45, 2.75) is 26.2 Å². The molecular formula is C14H21N3O. The van der Waals surface area contributed by atoms with Gasteiger partial charge in [0.15, 0.2) is 0 Å². The van der Waals surface area contributed by atoms with E-state index >= 15 is 0 Å². The summed E-state index contributed by atoms with van der Waals surface area (Å²) in [5.74, 6) is 0. The maximum Gasteiger partial charge on any atom is 0.101 e. The van der Waals surface area contributed by atoms with Crippen molar-refractivity contribution in [2.75, 3.05) is 30.8 Å². The van der Waals surface area contributed by atoms with Crippen molar-refractivity contribution < 1.29 is 4.74 Å². The second kappa shape index (κ2) is 8.37. The number of hydrogen-bond acceptors (Lipinski definition) is 4. The summed E-state index contributed by atoms with van der Waals surface area (Å²) in [7, 11) is 0. The van der Waals surface area contributed by atoms with Gasteiger partial charge in [-0.05, 0) is 31.0 Å². The highest BCUT2D eigenvalue weighted by molar-refractivity contribution is 5.62. The van der Waals surface area contributed by atoms with Crippen LogP contribution in [-0.2, 0) is 4.74 Å². The number of nitrogens with zero attached hydrogens (tertiary/aromatic N) is 1. The molecular weight excluding hydrogens is 226 g/mol. The topological polar surface area (TPSA) is 71.1 Å². The summed E-state index contributed by atoms with van der Waals surface area (Å²) in [5.41, 5.74) is 7.71. The number of anilines is 2. The molecule has 4 nitrogen and oxygen atoms in total. The summed E-state index contributed by atoms with van der Waals surface area (Å²) < 4.78 is 5.46. The number of rotatable bonds is 8. The molecule has 3 N–H and O–H groups in total. The van der Waals surface area contributed by atoms with Crippen molar-refractivity contribution in [3.05, 3.63) is 23.8 Å². The Kier molecular flexibility index (Phi) is 6.67. The van der Waals surface area contributed by atoms with Crippen molar-refractivity contribution in [1.29, 1.82) is 5.26 Å². The molecule has 0 atom stereocenters. The van der Waals surface area contributed by atoms with Crippen molar-refractivity contribution in [3.63, 3.8) is 0 Å². The van der Waals surface area contributed by atoms with Crippen LogP contribution in [0.3, 0.4) is 0 Å². The van der Waals surface area contributed by atoms with Gasteiger partial charge in [-0.3, -0.25) is 0 Å². The Morgan fingerprint density at radius 3 is 2.78 bits per heavy atom. The van der Waals surface area contributed by atoms with Crippen molar-refractivity contribution in [2.24, 2.45) is 0 Å². The number of nitrogen functional groups attached to an aromatic ring is 1. The summed E-state index contributed by atoms with van der Waals surface area (Å²) >= 11 is 0. The minimum Gasteiger partial charge on any atom is -0.398 e. The highest BCUT2D eigenvalue weighted by atomic mass is 16.5. The van der Waals surface area contributed by atoms with Gasteiger partial charge >= 0.3 is 0 Å². The zero-order chi connectivity index (χ0) is 13.2. The average Bonchev–Trinajstić information content (AvgIpc) is 2.38. The summed E-state index contributed by atoms with van der Waals surface area (Å²) in [6.07, 6.45) is 3.26. The lowest BCUT2D eigenvalue weighted by Crippen LogP contribution is -2.06. The lowest BCUT2D eigenvalue weighted by atomic mass is 10.2. The Bertz CT molecular complexity index is 399. The highest BCUT2D eigenvalue weighted by Crippen LogP contribution is 2.16. The predicted molar refractivity (Wildman–Crippen MR) is 74.4 cm³/mol. The molecule has 0 saturated carbocycles. The Morgan fingerprint density at radius 1 is 1.33 bits per heavy atom. The quantitative estimate of drug-likeness (QED) is 0.547. The fraction of sp³-hybridized carbons (Fsp3) is 0.500. The molecule has 0 aliphatic rings. The molecule has 0 aromatic heterocycles. The monoisotopic (exact) mass is 247 g/mol. The van der Waals surface area contributed by atoms with Gasteiger partial charge in [-0.25, -0.2) is 0 Å². The standard InChI is InChI=1S/C14H21N3O/c1-2-3-8-18-9-4-7-17-13-6-5-12(11-15)14(16)10-13/h5-6,10,17H,2-4,7-9,16H2,1H3. The van der Waals surface area contributed by atoms with Crippen LogP contribution < -0.4 is 11.1 Å². The van der Waals surface area contributed by atoms with E-state index in [1.165, 1.54) is 6.42 Å². The first-order chi connectivity index (χ1) is 8.77. The van der Waals surface area contributed by atoms with Gasteiger partial charge in [0, 0.05) is 25.4 Å². The van der Waals surface area contributed by atoms with Gasteiger partial charge in [-0.15, -0.1) is 0 Å². The Morgan fingerprint density at radius 2 is 2.11 bits per heavy atom. The molecule has 1 aromatic rings. The lowest BCUT2D eigenvalue weighted by Gasteiger charge is -2.08. The molecule has 0 bridgehead atoms. The maximum atomic E-state index is 8.76. The smallest absolute Gasteiger partial charge is 0.101 e. The molecule has 4 heteroatoms. The Balaban J connectivity index is 2.20. The van der Waals surface area contributed by atoms with Gasteiger partial charge in [-0.1, -0.05) is 13.3 Å². The van der Waals surface area contributed by atoms with Gasteiger partial charge < -0.3 is 15.8 Å². The zero-order valence-corrected chi connectivity index (χ0v) is 10.9. The van der Waals surface area contributed by atoms with Crippen LogP contribution in [0.25, 0.3) is 0 Å². The highest BCUT2D eigenvalue weighted by Gasteiger charge is 1.99. The van der Waals surface area contributed by atoms with Gasteiger partial charge in [-0.2, -0.15) is 5.26 Å². The van der Waals surface area contributed by atoms with E-state index in [0.717, 1.165) is 38.3 Å². The molecule has 0 amide bonds. The van der Waals surface area contributed by atoms with E-state index in [2.05, 4.69) is 12.2 Å². The molecule has 0 fully saturated rings. The van der Waals surface area contributed by atoms with E-state index in [0.29, 0.717) is 11.3 Å². The van der Waals surface area contributed by atoms with Crippen LogP contribution in [0.4, 0.5) is 11.4 Å². The molecule has 1 aromatic carbocycles. The van der Waals surface area contributed by atoms with E-state index < -0.39 is 0 Å². The van der Waals surface area contributed by atoms with Crippen LogP contribution in [0.2, 0.25) is 0 Å². The van der Waals surface area contributed by atoms with Crippen LogP contribution in [0.15, 0.2) is 18.2 Å². The van der Waals surface area contributed by atoms with Crippen LogP contribution in [0.5, 0.6) is 0 Å². The van der Waals surface area contributed by atoms with Crippen molar-refractivity contribution in [1.82, 2.24) is 0 Å². The Labute approximate surface area is 109 Å². The summed E-state index contributed by atoms with van der Waals surface area (Å²) in [4.78, 5) is 0. The fourth-order valence-electron chi connectivity index (χ4n) is 1.53. The van der Waals surface area contributed by atoms with Crippen LogP contribution in [0, 0.1) is 11.3 Å². The third-order valence-corrected chi connectivity index (χ3v) is 2.61. The fourth-order valence-corrected chi connectivity index (χ4v) is 1.53. The molecule has 98 valence electrons. The van der Waals surface area contributed by atoms with Gasteiger partial charge in [0.25, 0.3) is 0 Å². The largest absolute Gasteiger partial charge is 0.398 e. The number of nitrogens with two attached hydrogens (primary N) is 1. The first kappa shape index (κ1) is 14.3. The molecule has 0 saturated heterocycles. The lowest BCUT2D eigenvalue weighted by molar-refractivity contribution is 0.131. The van der Waals surface area contributed by atoms with E-state index in [1.807, 2.05) is 12.1 Å².